The molecule has 0 amide bonds. The van der Waals surface area contributed by atoms with Crippen molar-refractivity contribution in [3.63, 3.8) is 0 Å². The number of aromatic nitrogens is 2. The van der Waals surface area contributed by atoms with Gasteiger partial charge in [0.1, 0.15) is 5.38 Å². The number of halogens is 1. The minimum atomic E-state index is -0.222. The van der Waals surface area contributed by atoms with E-state index in [0.717, 1.165) is 25.9 Å². The molecule has 1 saturated heterocycles. The van der Waals surface area contributed by atoms with Gasteiger partial charge in [-0.3, -0.25) is 0 Å². The Bertz CT molecular complexity index is 295. The third-order valence-electron chi connectivity index (χ3n) is 2.26. The molecular weight excluding hydrogens is 204 g/mol. The summed E-state index contributed by atoms with van der Waals surface area (Å²) in [5.74, 6) is 1.18. The lowest BCUT2D eigenvalue weighted by Crippen LogP contribution is -2.09. The van der Waals surface area contributed by atoms with Crippen LogP contribution in [0.15, 0.2) is 4.52 Å². The van der Waals surface area contributed by atoms with Gasteiger partial charge in [-0.05, 0) is 19.8 Å². The Hall–Kier alpha value is -0.610. The van der Waals surface area contributed by atoms with E-state index in [1.807, 2.05) is 6.92 Å². The lowest BCUT2D eigenvalue weighted by atomic mass is 10.2. The summed E-state index contributed by atoms with van der Waals surface area (Å²) in [5.41, 5.74) is 0. The molecule has 0 radical (unpaired) electrons. The van der Waals surface area contributed by atoms with Gasteiger partial charge in [-0.2, -0.15) is 4.98 Å². The zero-order chi connectivity index (χ0) is 9.97. The minimum absolute atomic E-state index is 0.222. The first-order valence-corrected chi connectivity index (χ1v) is 5.27. The second-order valence-electron chi connectivity index (χ2n) is 3.50. The fraction of sp³-hybridized carbons (Fsp3) is 0.778. The van der Waals surface area contributed by atoms with Crippen molar-refractivity contribution in [2.24, 2.45) is 0 Å². The normalized spacial score (nSPS) is 24.0. The molecule has 2 atom stereocenters. The maximum absolute atomic E-state index is 5.81. The van der Waals surface area contributed by atoms with E-state index in [-0.39, 0.29) is 11.5 Å². The maximum Gasteiger partial charge on any atom is 0.244 e. The molecule has 1 aliphatic heterocycles. The molecule has 0 N–H and O–H groups in total. The lowest BCUT2D eigenvalue weighted by Gasteiger charge is -2.03. The lowest BCUT2D eigenvalue weighted by molar-refractivity contribution is 0.109. The van der Waals surface area contributed by atoms with Gasteiger partial charge in [0.15, 0.2) is 5.82 Å². The first kappa shape index (κ1) is 9.93. The molecule has 2 rings (SSSR count). The second kappa shape index (κ2) is 4.28. The van der Waals surface area contributed by atoms with Gasteiger partial charge >= 0.3 is 0 Å². The zero-order valence-corrected chi connectivity index (χ0v) is 8.83. The zero-order valence-electron chi connectivity index (χ0n) is 8.07. The van der Waals surface area contributed by atoms with E-state index in [1.165, 1.54) is 0 Å². The van der Waals surface area contributed by atoms with Crippen molar-refractivity contribution < 1.29 is 9.26 Å². The van der Waals surface area contributed by atoms with Gasteiger partial charge in [0.05, 0.1) is 6.10 Å². The molecule has 0 bridgehead atoms. The van der Waals surface area contributed by atoms with E-state index in [2.05, 4.69) is 10.1 Å². The highest BCUT2D eigenvalue weighted by molar-refractivity contribution is 6.20. The summed E-state index contributed by atoms with van der Waals surface area (Å²) in [6.07, 6.45) is 3.19. The van der Waals surface area contributed by atoms with Crippen LogP contribution in [0.2, 0.25) is 0 Å². The summed E-state index contributed by atoms with van der Waals surface area (Å²) in [4.78, 5) is 4.18. The Morgan fingerprint density at radius 2 is 2.50 bits per heavy atom. The van der Waals surface area contributed by atoms with Crippen LogP contribution in [0.25, 0.3) is 0 Å². The third kappa shape index (κ3) is 2.25. The number of nitrogens with zero attached hydrogens (tertiary/aromatic N) is 2. The van der Waals surface area contributed by atoms with Crippen molar-refractivity contribution in [1.82, 2.24) is 10.1 Å². The van der Waals surface area contributed by atoms with E-state index >= 15 is 0 Å². The number of hydrogen-bond donors (Lipinski definition) is 0. The van der Waals surface area contributed by atoms with Crippen LogP contribution in [0.3, 0.4) is 0 Å². The molecule has 2 unspecified atom stereocenters. The Morgan fingerprint density at radius 3 is 3.07 bits per heavy atom. The molecular formula is C9H13ClN2O2. The third-order valence-corrected chi connectivity index (χ3v) is 2.44. The summed E-state index contributed by atoms with van der Waals surface area (Å²) < 4.78 is 10.5. The van der Waals surface area contributed by atoms with Crippen LogP contribution < -0.4 is 0 Å². The number of rotatable bonds is 3. The van der Waals surface area contributed by atoms with E-state index in [9.17, 15) is 0 Å². The topological polar surface area (TPSA) is 48.2 Å². The minimum Gasteiger partial charge on any atom is -0.378 e. The summed E-state index contributed by atoms with van der Waals surface area (Å²) in [7, 11) is 0. The highest BCUT2D eigenvalue weighted by atomic mass is 35.5. The molecule has 0 spiro atoms. The van der Waals surface area contributed by atoms with Crippen LogP contribution in [-0.4, -0.2) is 22.9 Å². The average molecular weight is 217 g/mol. The van der Waals surface area contributed by atoms with E-state index in [4.69, 9.17) is 20.9 Å². The Balaban J connectivity index is 1.95. The maximum atomic E-state index is 5.81. The summed E-state index contributed by atoms with van der Waals surface area (Å²) in [6.45, 7) is 2.66. The number of hydrogen-bond acceptors (Lipinski definition) is 4. The van der Waals surface area contributed by atoms with E-state index in [1.54, 1.807) is 0 Å². The van der Waals surface area contributed by atoms with Gasteiger partial charge in [-0.1, -0.05) is 5.16 Å². The van der Waals surface area contributed by atoms with Crippen LogP contribution in [0, 0.1) is 0 Å². The highest BCUT2D eigenvalue weighted by Gasteiger charge is 2.19. The summed E-state index contributed by atoms with van der Waals surface area (Å²) >= 11 is 5.81. The highest BCUT2D eigenvalue weighted by Crippen LogP contribution is 2.19. The van der Waals surface area contributed by atoms with Gasteiger partial charge in [-0.15, -0.1) is 11.6 Å². The van der Waals surface area contributed by atoms with Gasteiger partial charge < -0.3 is 9.26 Å². The van der Waals surface area contributed by atoms with Crippen LogP contribution in [-0.2, 0) is 11.2 Å². The van der Waals surface area contributed by atoms with Gasteiger partial charge in [0, 0.05) is 13.0 Å². The molecule has 78 valence electrons. The smallest absolute Gasteiger partial charge is 0.244 e. The number of alkyl halides is 1. The largest absolute Gasteiger partial charge is 0.378 e. The first-order chi connectivity index (χ1) is 6.75. The quantitative estimate of drug-likeness (QED) is 0.726. The second-order valence-corrected chi connectivity index (χ2v) is 4.16. The van der Waals surface area contributed by atoms with Gasteiger partial charge in [0.2, 0.25) is 5.89 Å². The number of ether oxygens (including phenoxy) is 1. The van der Waals surface area contributed by atoms with Crippen LogP contribution in [0.1, 0.15) is 36.9 Å². The monoisotopic (exact) mass is 216 g/mol. The van der Waals surface area contributed by atoms with Crippen molar-refractivity contribution in [1.29, 1.82) is 0 Å². The van der Waals surface area contributed by atoms with Gasteiger partial charge in [-0.25, -0.2) is 0 Å². The molecule has 1 aliphatic rings. The first-order valence-electron chi connectivity index (χ1n) is 4.84. The predicted molar refractivity (Wildman–Crippen MR) is 51.2 cm³/mol. The Labute approximate surface area is 87.6 Å². The molecule has 4 nitrogen and oxygen atoms in total. The fourth-order valence-corrected chi connectivity index (χ4v) is 1.61. The Kier molecular flexibility index (Phi) is 3.03. The predicted octanol–water partition coefficient (Wildman–Crippen LogP) is 2.09. The van der Waals surface area contributed by atoms with Crippen LogP contribution in [0.4, 0.5) is 0 Å². The standard InChI is InChI=1S/C9H13ClN2O2/c1-6(10)9-11-8(12-14-9)5-7-3-2-4-13-7/h6-7H,2-5H2,1H3. The van der Waals surface area contributed by atoms with E-state index in [0.29, 0.717) is 11.7 Å². The Morgan fingerprint density at radius 1 is 1.64 bits per heavy atom. The molecule has 0 saturated carbocycles. The van der Waals surface area contributed by atoms with Crippen molar-refractivity contribution in [3.8, 4) is 0 Å². The molecule has 0 aliphatic carbocycles. The molecule has 0 aromatic carbocycles. The van der Waals surface area contributed by atoms with Crippen molar-refractivity contribution >= 4 is 11.6 Å². The van der Waals surface area contributed by atoms with Crippen molar-refractivity contribution in [2.75, 3.05) is 6.61 Å². The SMILES string of the molecule is CC(Cl)c1nc(CC2CCCO2)no1. The fourth-order valence-electron chi connectivity index (χ4n) is 1.52. The molecule has 1 aromatic rings. The summed E-state index contributed by atoms with van der Waals surface area (Å²) in [6, 6.07) is 0. The van der Waals surface area contributed by atoms with E-state index < -0.39 is 0 Å². The molecule has 2 heterocycles. The van der Waals surface area contributed by atoms with Gasteiger partial charge in [0.25, 0.3) is 0 Å². The molecule has 1 aromatic heterocycles. The average Bonchev–Trinajstić information content (AvgIpc) is 2.75. The van der Waals surface area contributed by atoms with Crippen LogP contribution in [0.5, 0.6) is 0 Å². The molecule has 14 heavy (non-hydrogen) atoms. The summed E-state index contributed by atoms with van der Waals surface area (Å²) in [5, 5.41) is 3.63. The molecule has 5 heteroatoms. The van der Waals surface area contributed by atoms with Crippen molar-refractivity contribution in [3.05, 3.63) is 11.7 Å². The van der Waals surface area contributed by atoms with Crippen molar-refractivity contribution in [2.45, 2.75) is 37.7 Å². The van der Waals surface area contributed by atoms with Crippen LogP contribution >= 0.6 is 11.6 Å². The molecule has 1 fully saturated rings.